The van der Waals surface area contributed by atoms with Gasteiger partial charge in [0, 0.05) is 47.9 Å². The predicted molar refractivity (Wildman–Crippen MR) is 187 cm³/mol. The molecule has 0 aliphatic carbocycles. The quantitative estimate of drug-likeness (QED) is 0.112. The van der Waals surface area contributed by atoms with E-state index >= 15 is 0 Å². The molecule has 1 rings (SSSR count). The number of nitrogens with one attached hydrogen (secondary N) is 2. The van der Waals surface area contributed by atoms with Crippen LogP contribution in [0.1, 0.15) is 65.4 Å². The van der Waals surface area contributed by atoms with Crippen LogP contribution in [0, 0.1) is 11.8 Å². The number of rotatable bonds is 24. The number of likely N-dealkylation sites (N-methyl/N-ethyl adjacent to an activating group) is 2. The van der Waals surface area contributed by atoms with Crippen molar-refractivity contribution in [3.8, 4) is 0 Å². The van der Waals surface area contributed by atoms with Crippen LogP contribution < -0.4 is 10.6 Å². The summed E-state index contributed by atoms with van der Waals surface area (Å²) in [6, 6.07) is 8.61. The summed E-state index contributed by atoms with van der Waals surface area (Å²) >= 11 is 0. The van der Waals surface area contributed by atoms with Crippen LogP contribution in [0.15, 0.2) is 43.0 Å². The van der Waals surface area contributed by atoms with Gasteiger partial charge in [-0.05, 0) is 30.2 Å². The van der Waals surface area contributed by atoms with Crippen molar-refractivity contribution >= 4 is 23.6 Å². The maximum Gasteiger partial charge on any atom is 0.245 e. The molecular weight excluding hydrogens is 614 g/mol. The Balaban J connectivity index is 3.13. The van der Waals surface area contributed by atoms with Crippen molar-refractivity contribution in [3.63, 3.8) is 0 Å². The van der Waals surface area contributed by atoms with Crippen molar-refractivity contribution in [3.05, 3.63) is 48.6 Å². The minimum Gasteiger partial charge on any atom is -0.379 e. The van der Waals surface area contributed by atoms with Gasteiger partial charge in [-0.25, -0.2) is 0 Å². The Labute approximate surface area is 288 Å². The molecule has 4 atom stereocenters. The van der Waals surface area contributed by atoms with Crippen molar-refractivity contribution in [2.75, 3.05) is 54.5 Å². The van der Waals surface area contributed by atoms with E-state index in [0.717, 1.165) is 23.5 Å². The predicted octanol–water partition coefficient (Wildman–Crippen LogP) is 3.29. The molecular formula is C36H61N5O7. The van der Waals surface area contributed by atoms with Crippen molar-refractivity contribution < 1.29 is 33.9 Å². The van der Waals surface area contributed by atoms with Crippen molar-refractivity contribution in [2.45, 2.75) is 90.5 Å². The number of hydrogen-bond acceptors (Lipinski definition) is 8. The number of carbonyl (C=O) groups is 4. The molecule has 0 bridgehead atoms. The molecule has 3 N–H and O–H groups in total. The van der Waals surface area contributed by atoms with Crippen LogP contribution in [-0.2, 0) is 35.1 Å². The minimum atomic E-state index is -0.835. The van der Waals surface area contributed by atoms with Crippen LogP contribution in [0.5, 0.6) is 0 Å². The van der Waals surface area contributed by atoms with E-state index in [2.05, 4.69) is 17.2 Å². The van der Waals surface area contributed by atoms with Gasteiger partial charge in [-0.3, -0.25) is 19.2 Å². The number of nitrogens with zero attached hydrogens (tertiary/aromatic N) is 3. The first-order chi connectivity index (χ1) is 22.8. The molecule has 272 valence electrons. The van der Waals surface area contributed by atoms with Gasteiger partial charge in [0.05, 0.1) is 31.1 Å². The molecule has 0 saturated carbocycles. The van der Waals surface area contributed by atoms with Gasteiger partial charge in [0.2, 0.25) is 23.6 Å². The number of benzene rings is 1. The average Bonchev–Trinajstić information content (AvgIpc) is 3.05. The third-order valence-corrected chi connectivity index (χ3v) is 8.71. The van der Waals surface area contributed by atoms with Gasteiger partial charge in [0.15, 0.2) is 0 Å². The third kappa shape index (κ3) is 14.8. The van der Waals surface area contributed by atoms with Gasteiger partial charge in [-0.15, -0.1) is 6.58 Å². The highest BCUT2D eigenvalue weighted by atomic mass is 16.5. The smallest absolute Gasteiger partial charge is 0.245 e. The topological polar surface area (TPSA) is 141 Å². The highest BCUT2D eigenvalue weighted by Crippen LogP contribution is 2.26. The number of hydroxylamine groups is 2. The summed E-state index contributed by atoms with van der Waals surface area (Å²) in [4.78, 5) is 56.4. The molecule has 0 saturated heterocycles. The molecule has 48 heavy (non-hydrogen) atoms. The molecule has 0 spiro atoms. The zero-order valence-electron chi connectivity index (χ0n) is 30.4. The molecule has 0 radical (unpaired) electrons. The first-order valence-electron chi connectivity index (χ1n) is 17.0. The van der Waals surface area contributed by atoms with E-state index in [1.54, 1.807) is 22.9 Å². The van der Waals surface area contributed by atoms with Gasteiger partial charge in [0.1, 0.15) is 12.6 Å². The van der Waals surface area contributed by atoms with E-state index in [9.17, 15) is 24.4 Å². The SMILES string of the molecule is C=CCCN(CC(CC(=O)NCCc1ccccc1)OC)C(=O)CC(OC)C(C(CC)CC)N(C)C(=O)C(NC(=O)CN(C)O)C(C)C. The lowest BCUT2D eigenvalue weighted by atomic mass is 9.86. The summed E-state index contributed by atoms with van der Waals surface area (Å²) in [5, 5.41) is 16.0. The second-order valence-corrected chi connectivity index (χ2v) is 12.7. The summed E-state index contributed by atoms with van der Waals surface area (Å²) in [7, 11) is 6.11. The summed E-state index contributed by atoms with van der Waals surface area (Å²) in [5.74, 6) is -1.34. The monoisotopic (exact) mass is 675 g/mol. The standard InChI is InChI=1S/C36H61N5O7/c1-10-13-21-41(24-29(47-8)22-31(42)37-20-19-27-17-15-14-16-18-27)33(44)23-30(48-9)35(28(11-2)12-3)40(7)36(45)34(26(4)5)38-32(43)25-39(6)46/h10,14-18,26,28-30,34-35,46H,1,11-13,19-25H2,2-9H3,(H,37,42)(H,38,43). The van der Waals surface area contributed by atoms with Crippen LogP contribution in [0.25, 0.3) is 0 Å². The molecule has 4 amide bonds. The molecule has 0 aromatic heterocycles. The van der Waals surface area contributed by atoms with Crippen molar-refractivity contribution in [1.82, 2.24) is 25.5 Å². The number of hydrogen-bond donors (Lipinski definition) is 3. The average molecular weight is 676 g/mol. The molecule has 12 heteroatoms. The van der Waals surface area contributed by atoms with Gasteiger partial charge < -0.3 is 35.1 Å². The van der Waals surface area contributed by atoms with Crippen LogP contribution in [0.4, 0.5) is 0 Å². The van der Waals surface area contributed by atoms with E-state index in [1.807, 2.05) is 58.0 Å². The normalized spacial score (nSPS) is 13.9. The fraction of sp³-hybridized carbons (Fsp3) is 0.667. The molecule has 0 heterocycles. The number of amides is 4. The summed E-state index contributed by atoms with van der Waals surface area (Å²) in [6.07, 6.45) is 3.42. The Morgan fingerprint density at radius 1 is 0.979 bits per heavy atom. The van der Waals surface area contributed by atoms with Gasteiger partial charge in [0.25, 0.3) is 0 Å². The first kappa shape index (κ1) is 42.7. The number of carbonyl (C=O) groups excluding carboxylic acids is 4. The fourth-order valence-corrected chi connectivity index (χ4v) is 5.90. The number of ether oxygens (including phenoxy) is 2. The highest BCUT2D eigenvalue weighted by Gasteiger charge is 2.39. The maximum absolute atomic E-state index is 13.9. The zero-order valence-corrected chi connectivity index (χ0v) is 30.4. The molecule has 0 fully saturated rings. The van der Waals surface area contributed by atoms with Gasteiger partial charge in [-0.2, -0.15) is 5.06 Å². The molecule has 0 aliphatic rings. The number of methoxy groups -OCH3 is 2. The van der Waals surface area contributed by atoms with Crippen molar-refractivity contribution in [2.24, 2.45) is 11.8 Å². The molecule has 12 nitrogen and oxygen atoms in total. The van der Waals surface area contributed by atoms with Crippen LogP contribution in [-0.4, -0.2) is 122 Å². The zero-order chi connectivity index (χ0) is 36.2. The third-order valence-electron chi connectivity index (χ3n) is 8.71. The maximum atomic E-state index is 13.9. The lowest BCUT2D eigenvalue weighted by Crippen LogP contribution is -2.58. The Morgan fingerprint density at radius 3 is 2.15 bits per heavy atom. The Kier molecular flexibility index (Phi) is 20.6. The van der Waals surface area contributed by atoms with Crippen LogP contribution >= 0.6 is 0 Å². The summed E-state index contributed by atoms with van der Waals surface area (Å²) < 4.78 is 11.6. The van der Waals surface area contributed by atoms with E-state index < -0.39 is 30.2 Å². The lowest BCUT2D eigenvalue weighted by molar-refractivity contribution is -0.147. The minimum absolute atomic E-state index is 0.000146. The lowest BCUT2D eigenvalue weighted by Gasteiger charge is -2.41. The summed E-state index contributed by atoms with van der Waals surface area (Å²) in [6.45, 7) is 12.4. The first-order valence-corrected chi connectivity index (χ1v) is 17.0. The molecule has 1 aromatic carbocycles. The molecule has 0 aliphatic heterocycles. The van der Waals surface area contributed by atoms with E-state index in [4.69, 9.17) is 9.47 Å². The Morgan fingerprint density at radius 2 is 1.62 bits per heavy atom. The van der Waals surface area contributed by atoms with Crippen LogP contribution in [0.3, 0.4) is 0 Å². The van der Waals surface area contributed by atoms with E-state index in [-0.39, 0.29) is 55.5 Å². The fourth-order valence-electron chi connectivity index (χ4n) is 5.90. The second-order valence-electron chi connectivity index (χ2n) is 12.7. The Hall–Kier alpha value is -3.32. The summed E-state index contributed by atoms with van der Waals surface area (Å²) in [5.41, 5.74) is 1.13. The molecule has 1 aromatic rings. The van der Waals surface area contributed by atoms with E-state index in [1.165, 1.54) is 21.3 Å². The Bertz CT molecular complexity index is 1110. The van der Waals surface area contributed by atoms with Gasteiger partial charge in [-0.1, -0.05) is 76.9 Å². The second kappa shape index (κ2) is 23.1. The largest absolute Gasteiger partial charge is 0.379 e. The van der Waals surface area contributed by atoms with E-state index in [0.29, 0.717) is 25.9 Å². The highest BCUT2D eigenvalue weighted by molar-refractivity contribution is 5.88. The van der Waals surface area contributed by atoms with Crippen molar-refractivity contribution in [1.29, 1.82) is 0 Å². The molecule has 4 unspecified atom stereocenters. The van der Waals surface area contributed by atoms with Crippen LogP contribution in [0.2, 0.25) is 0 Å². The van der Waals surface area contributed by atoms with Gasteiger partial charge >= 0.3 is 0 Å².